The number of aromatic nitrogens is 1. The molecule has 1 aromatic heterocycles. The molecule has 0 atom stereocenters. The summed E-state index contributed by atoms with van der Waals surface area (Å²) in [7, 11) is 1.62. The van der Waals surface area contributed by atoms with Crippen molar-refractivity contribution in [2.75, 3.05) is 25.6 Å². The van der Waals surface area contributed by atoms with Gasteiger partial charge in [0.25, 0.3) is 5.91 Å². The first-order valence-corrected chi connectivity index (χ1v) is 9.41. The lowest BCUT2D eigenvalue weighted by Crippen LogP contribution is -2.28. The standard InChI is InChI=1S/C23H25N3O3/c1-16-5-4-6-17(2)22(16)26-21-12-7-18(15-25-21)23(27)24-13-14-29-20-10-8-19(28-3)9-11-20/h4-12,15H,13-14H2,1-3H3,(H,24,27)(H,25,26). The van der Waals surface area contributed by atoms with E-state index in [2.05, 4.69) is 15.6 Å². The molecule has 0 saturated carbocycles. The highest BCUT2D eigenvalue weighted by Gasteiger charge is 2.07. The van der Waals surface area contributed by atoms with Crippen LogP contribution >= 0.6 is 0 Å². The lowest BCUT2D eigenvalue weighted by Gasteiger charge is -2.12. The van der Waals surface area contributed by atoms with Crippen molar-refractivity contribution in [1.29, 1.82) is 0 Å². The number of amides is 1. The van der Waals surface area contributed by atoms with Crippen LogP contribution in [0, 0.1) is 13.8 Å². The Labute approximate surface area is 170 Å². The van der Waals surface area contributed by atoms with Gasteiger partial charge < -0.3 is 20.1 Å². The number of anilines is 2. The van der Waals surface area contributed by atoms with Gasteiger partial charge in [0.2, 0.25) is 0 Å². The molecule has 1 amide bonds. The number of pyridine rings is 1. The van der Waals surface area contributed by atoms with Crippen molar-refractivity contribution >= 4 is 17.4 Å². The number of methoxy groups -OCH3 is 1. The van der Waals surface area contributed by atoms with Gasteiger partial charge in [-0.05, 0) is 61.4 Å². The third-order valence-electron chi connectivity index (χ3n) is 4.48. The molecule has 0 unspecified atom stereocenters. The van der Waals surface area contributed by atoms with Gasteiger partial charge in [0.05, 0.1) is 19.2 Å². The van der Waals surface area contributed by atoms with Crippen molar-refractivity contribution in [2.45, 2.75) is 13.8 Å². The van der Waals surface area contributed by atoms with Gasteiger partial charge in [0.1, 0.15) is 23.9 Å². The molecule has 0 aliphatic heterocycles. The number of aryl methyl sites for hydroxylation is 2. The van der Waals surface area contributed by atoms with Crippen LogP contribution in [0.15, 0.2) is 60.8 Å². The van der Waals surface area contributed by atoms with E-state index in [1.54, 1.807) is 25.4 Å². The van der Waals surface area contributed by atoms with Crippen LogP contribution in [0.2, 0.25) is 0 Å². The summed E-state index contributed by atoms with van der Waals surface area (Å²) in [4.78, 5) is 16.6. The van der Waals surface area contributed by atoms with E-state index in [4.69, 9.17) is 9.47 Å². The normalized spacial score (nSPS) is 10.3. The molecule has 6 heteroatoms. The van der Waals surface area contributed by atoms with E-state index in [0.29, 0.717) is 24.5 Å². The molecule has 0 aliphatic rings. The van der Waals surface area contributed by atoms with Crippen LogP contribution in [-0.2, 0) is 0 Å². The van der Waals surface area contributed by atoms with E-state index in [1.807, 2.05) is 56.3 Å². The molecule has 0 radical (unpaired) electrons. The molecule has 2 N–H and O–H groups in total. The molecule has 0 fully saturated rings. The van der Waals surface area contributed by atoms with Crippen molar-refractivity contribution in [2.24, 2.45) is 0 Å². The summed E-state index contributed by atoms with van der Waals surface area (Å²) in [6.45, 7) is 4.86. The van der Waals surface area contributed by atoms with Crippen molar-refractivity contribution in [3.8, 4) is 11.5 Å². The lowest BCUT2D eigenvalue weighted by atomic mass is 10.1. The van der Waals surface area contributed by atoms with Crippen LogP contribution in [-0.4, -0.2) is 31.2 Å². The zero-order valence-corrected chi connectivity index (χ0v) is 16.9. The fourth-order valence-corrected chi connectivity index (χ4v) is 2.85. The summed E-state index contributed by atoms with van der Waals surface area (Å²) in [6.07, 6.45) is 1.57. The Balaban J connectivity index is 1.48. The number of rotatable bonds is 8. The quantitative estimate of drug-likeness (QED) is 0.562. The number of carbonyl (C=O) groups excluding carboxylic acids is 1. The summed E-state index contributed by atoms with van der Waals surface area (Å²) >= 11 is 0. The average Bonchev–Trinajstić information content (AvgIpc) is 2.74. The summed E-state index contributed by atoms with van der Waals surface area (Å²) in [5.74, 6) is 2.01. The molecule has 1 heterocycles. The van der Waals surface area contributed by atoms with Crippen LogP contribution in [0.25, 0.3) is 0 Å². The largest absolute Gasteiger partial charge is 0.497 e. The minimum Gasteiger partial charge on any atom is -0.497 e. The Bertz CT molecular complexity index is 934. The Morgan fingerprint density at radius 3 is 2.28 bits per heavy atom. The van der Waals surface area contributed by atoms with Gasteiger partial charge in [-0.1, -0.05) is 18.2 Å². The molecule has 0 aliphatic carbocycles. The minimum atomic E-state index is -0.186. The maximum atomic E-state index is 12.3. The van der Waals surface area contributed by atoms with Crippen LogP contribution in [0.1, 0.15) is 21.5 Å². The topological polar surface area (TPSA) is 72.5 Å². The second-order valence-electron chi connectivity index (χ2n) is 6.60. The van der Waals surface area contributed by atoms with Crippen molar-refractivity contribution in [3.63, 3.8) is 0 Å². The Morgan fingerprint density at radius 1 is 0.966 bits per heavy atom. The summed E-state index contributed by atoms with van der Waals surface area (Å²) in [5.41, 5.74) is 3.82. The first-order valence-electron chi connectivity index (χ1n) is 9.41. The maximum absolute atomic E-state index is 12.3. The average molecular weight is 391 g/mol. The number of ether oxygens (including phenoxy) is 2. The number of hydrogen-bond donors (Lipinski definition) is 2. The number of benzene rings is 2. The van der Waals surface area contributed by atoms with Crippen molar-refractivity contribution in [3.05, 3.63) is 77.5 Å². The molecular weight excluding hydrogens is 366 g/mol. The SMILES string of the molecule is COc1ccc(OCCNC(=O)c2ccc(Nc3c(C)cccc3C)nc2)cc1. The molecule has 0 saturated heterocycles. The highest BCUT2D eigenvalue weighted by atomic mass is 16.5. The van der Waals surface area contributed by atoms with Gasteiger partial charge in [-0.25, -0.2) is 4.98 Å². The molecular formula is C23H25N3O3. The van der Waals surface area contributed by atoms with Gasteiger partial charge >= 0.3 is 0 Å². The highest BCUT2D eigenvalue weighted by Crippen LogP contribution is 2.23. The molecule has 3 rings (SSSR count). The maximum Gasteiger partial charge on any atom is 0.252 e. The van der Waals surface area contributed by atoms with Gasteiger partial charge in [-0.15, -0.1) is 0 Å². The molecule has 150 valence electrons. The van der Waals surface area contributed by atoms with E-state index in [1.165, 1.54) is 0 Å². The summed E-state index contributed by atoms with van der Waals surface area (Å²) < 4.78 is 10.7. The zero-order valence-electron chi connectivity index (χ0n) is 16.9. The van der Waals surface area contributed by atoms with E-state index in [9.17, 15) is 4.79 Å². The van der Waals surface area contributed by atoms with Crippen LogP contribution in [0.5, 0.6) is 11.5 Å². The minimum absolute atomic E-state index is 0.186. The third-order valence-corrected chi connectivity index (χ3v) is 4.48. The molecule has 0 spiro atoms. The molecule has 2 aromatic carbocycles. The monoisotopic (exact) mass is 391 g/mol. The number of carbonyl (C=O) groups is 1. The predicted molar refractivity (Wildman–Crippen MR) is 114 cm³/mol. The van der Waals surface area contributed by atoms with Gasteiger partial charge in [0.15, 0.2) is 0 Å². The smallest absolute Gasteiger partial charge is 0.252 e. The fraction of sp³-hybridized carbons (Fsp3) is 0.217. The number of nitrogens with one attached hydrogen (secondary N) is 2. The summed E-state index contributed by atoms with van der Waals surface area (Å²) in [6, 6.07) is 17.0. The highest BCUT2D eigenvalue weighted by molar-refractivity contribution is 5.94. The number of para-hydroxylation sites is 1. The molecule has 0 bridgehead atoms. The van der Waals surface area contributed by atoms with E-state index >= 15 is 0 Å². The van der Waals surface area contributed by atoms with Gasteiger partial charge in [-0.3, -0.25) is 4.79 Å². The van der Waals surface area contributed by atoms with Crippen LogP contribution in [0.3, 0.4) is 0 Å². The lowest BCUT2D eigenvalue weighted by molar-refractivity contribution is 0.0946. The fourth-order valence-electron chi connectivity index (χ4n) is 2.85. The van der Waals surface area contributed by atoms with E-state index < -0.39 is 0 Å². The predicted octanol–water partition coefficient (Wildman–Crippen LogP) is 4.26. The second-order valence-corrected chi connectivity index (χ2v) is 6.60. The van der Waals surface area contributed by atoms with Gasteiger partial charge in [0, 0.05) is 11.9 Å². The van der Waals surface area contributed by atoms with Crippen LogP contribution in [0.4, 0.5) is 11.5 Å². The van der Waals surface area contributed by atoms with Gasteiger partial charge in [-0.2, -0.15) is 0 Å². The first kappa shape index (κ1) is 20.2. The Morgan fingerprint density at radius 2 is 1.66 bits per heavy atom. The summed E-state index contributed by atoms with van der Waals surface area (Å²) in [5, 5.41) is 6.14. The second kappa shape index (κ2) is 9.59. The van der Waals surface area contributed by atoms with E-state index in [-0.39, 0.29) is 5.91 Å². The molecule has 3 aromatic rings. The third kappa shape index (κ3) is 5.48. The van der Waals surface area contributed by atoms with Crippen LogP contribution < -0.4 is 20.1 Å². The first-order chi connectivity index (χ1) is 14.1. The van der Waals surface area contributed by atoms with Crippen molar-refractivity contribution in [1.82, 2.24) is 10.3 Å². The Hall–Kier alpha value is -3.54. The zero-order chi connectivity index (χ0) is 20.6. The van der Waals surface area contributed by atoms with E-state index in [0.717, 1.165) is 28.3 Å². The van der Waals surface area contributed by atoms with Crippen molar-refractivity contribution < 1.29 is 14.3 Å². The molecule has 6 nitrogen and oxygen atoms in total. The number of hydrogen-bond acceptors (Lipinski definition) is 5. The Kier molecular flexibility index (Phi) is 6.68. The molecule has 29 heavy (non-hydrogen) atoms. The number of nitrogens with zero attached hydrogens (tertiary/aromatic N) is 1.